The van der Waals surface area contributed by atoms with Gasteiger partial charge in [0.15, 0.2) is 0 Å². The van der Waals surface area contributed by atoms with Crippen molar-refractivity contribution in [3.8, 4) is 0 Å². The van der Waals surface area contributed by atoms with Crippen molar-refractivity contribution in [3.63, 3.8) is 0 Å². The van der Waals surface area contributed by atoms with Crippen molar-refractivity contribution >= 4 is 10.0 Å². The summed E-state index contributed by atoms with van der Waals surface area (Å²) in [5, 5.41) is 3.29. The number of nitrogens with one attached hydrogen (secondary N) is 2. The molecule has 4 nitrogen and oxygen atoms in total. The molecule has 1 heterocycles. The number of rotatable bonds is 3. The molecule has 0 bridgehead atoms. The van der Waals surface area contributed by atoms with Crippen LogP contribution in [-0.2, 0) is 10.0 Å². The first kappa shape index (κ1) is 13.5. The van der Waals surface area contributed by atoms with E-state index in [9.17, 15) is 8.42 Å². The molecule has 5 heteroatoms. The maximum Gasteiger partial charge on any atom is 0.240 e. The third kappa shape index (κ3) is 3.10. The van der Waals surface area contributed by atoms with Crippen LogP contribution in [0.5, 0.6) is 0 Å². The Hall–Kier alpha value is -0.910. The van der Waals surface area contributed by atoms with Crippen LogP contribution in [0.1, 0.15) is 25.3 Å². The largest absolute Gasteiger partial charge is 0.313 e. The number of sulfonamides is 1. The van der Waals surface area contributed by atoms with E-state index in [1.54, 1.807) is 18.2 Å². The molecule has 2 N–H and O–H groups in total. The van der Waals surface area contributed by atoms with Crippen molar-refractivity contribution in [3.05, 3.63) is 29.8 Å². The Labute approximate surface area is 109 Å². The van der Waals surface area contributed by atoms with Crippen LogP contribution in [0, 0.1) is 6.92 Å². The average Bonchev–Trinajstić information content (AvgIpc) is 2.32. The van der Waals surface area contributed by atoms with Gasteiger partial charge in [-0.15, -0.1) is 0 Å². The van der Waals surface area contributed by atoms with Gasteiger partial charge in [0.1, 0.15) is 0 Å². The first-order valence-corrected chi connectivity index (χ1v) is 7.80. The zero-order valence-electron chi connectivity index (χ0n) is 10.8. The summed E-state index contributed by atoms with van der Waals surface area (Å²) in [5.41, 5.74) is 0.952. The third-order valence-corrected chi connectivity index (χ3v) is 4.86. The van der Waals surface area contributed by atoms with Gasteiger partial charge >= 0.3 is 0 Å². The van der Waals surface area contributed by atoms with Crippen LogP contribution in [0.15, 0.2) is 29.2 Å². The molecule has 0 aliphatic carbocycles. The van der Waals surface area contributed by atoms with E-state index in [0.29, 0.717) is 4.90 Å². The number of benzene rings is 1. The van der Waals surface area contributed by atoms with Gasteiger partial charge in [-0.3, -0.25) is 0 Å². The molecule has 1 saturated heterocycles. The molecule has 1 aliphatic rings. The van der Waals surface area contributed by atoms with Gasteiger partial charge in [0.25, 0.3) is 0 Å². The second-order valence-corrected chi connectivity index (χ2v) is 6.64. The van der Waals surface area contributed by atoms with Crippen LogP contribution in [0.25, 0.3) is 0 Å². The van der Waals surface area contributed by atoms with Crippen molar-refractivity contribution in [1.29, 1.82) is 0 Å². The molecule has 1 aromatic carbocycles. The molecule has 18 heavy (non-hydrogen) atoms. The van der Waals surface area contributed by atoms with Crippen molar-refractivity contribution in [1.82, 2.24) is 10.0 Å². The van der Waals surface area contributed by atoms with Crippen molar-refractivity contribution in [2.24, 2.45) is 0 Å². The van der Waals surface area contributed by atoms with Crippen molar-refractivity contribution in [2.75, 3.05) is 6.54 Å². The summed E-state index contributed by atoms with van der Waals surface area (Å²) in [6.07, 6.45) is 1.89. The lowest BCUT2D eigenvalue weighted by molar-refractivity contribution is 0.349. The maximum atomic E-state index is 12.3. The Morgan fingerprint density at radius 3 is 2.83 bits per heavy atom. The molecular formula is C13H20N2O2S. The molecule has 0 amide bonds. The average molecular weight is 268 g/mol. The van der Waals surface area contributed by atoms with Gasteiger partial charge in [-0.25, -0.2) is 13.1 Å². The van der Waals surface area contributed by atoms with Gasteiger partial charge in [0, 0.05) is 12.1 Å². The number of aryl methyl sites for hydroxylation is 1. The Morgan fingerprint density at radius 2 is 2.17 bits per heavy atom. The molecule has 0 radical (unpaired) electrons. The fourth-order valence-corrected chi connectivity index (χ4v) is 3.71. The molecule has 0 spiro atoms. The standard InChI is InChI=1S/C13H20N2O2S/c1-10-5-3-6-12(9-10)18(16,17)15-13-7-4-8-14-11(13)2/h3,5-6,9,11,13-15H,4,7-8H2,1-2H3/t11-,13+/m1/s1. The van der Waals surface area contributed by atoms with Crippen LogP contribution in [-0.4, -0.2) is 27.0 Å². The molecule has 1 aromatic rings. The van der Waals surface area contributed by atoms with E-state index in [4.69, 9.17) is 0 Å². The predicted octanol–water partition coefficient (Wildman–Crippen LogP) is 1.41. The smallest absolute Gasteiger partial charge is 0.240 e. The molecule has 2 atom stereocenters. The zero-order valence-corrected chi connectivity index (χ0v) is 11.6. The fourth-order valence-electron chi connectivity index (χ4n) is 2.25. The zero-order chi connectivity index (χ0) is 13.2. The highest BCUT2D eigenvalue weighted by atomic mass is 32.2. The number of hydrogen-bond acceptors (Lipinski definition) is 3. The van der Waals surface area contributed by atoms with Crippen LogP contribution in [0.4, 0.5) is 0 Å². The van der Waals surface area contributed by atoms with Gasteiger partial charge in [-0.1, -0.05) is 12.1 Å². The third-order valence-electron chi connectivity index (χ3n) is 3.37. The van der Waals surface area contributed by atoms with Crippen LogP contribution < -0.4 is 10.0 Å². The SMILES string of the molecule is Cc1cccc(S(=O)(=O)N[C@H]2CCCN[C@@H]2C)c1. The van der Waals surface area contributed by atoms with E-state index >= 15 is 0 Å². The van der Waals surface area contributed by atoms with Crippen molar-refractivity contribution in [2.45, 2.75) is 43.7 Å². The number of hydrogen-bond donors (Lipinski definition) is 2. The topological polar surface area (TPSA) is 58.2 Å². The molecule has 2 rings (SSSR count). The Morgan fingerprint density at radius 1 is 1.39 bits per heavy atom. The Bertz CT molecular complexity index is 513. The fraction of sp³-hybridized carbons (Fsp3) is 0.538. The lowest BCUT2D eigenvalue weighted by atomic mass is 10.0. The maximum absolute atomic E-state index is 12.3. The van der Waals surface area contributed by atoms with E-state index in [-0.39, 0.29) is 12.1 Å². The highest BCUT2D eigenvalue weighted by Gasteiger charge is 2.26. The first-order valence-electron chi connectivity index (χ1n) is 6.31. The summed E-state index contributed by atoms with van der Waals surface area (Å²) in [4.78, 5) is 0.347. The normalized spacial score (nSPS) is 25.0. The molecule has 100 valence electrons. The van der Waals surface area contributed by atoms with Gasteiger partial charge in [0.05, 0.1) is 4.90 Å². The van der Waals surface area contributed by atoms with E-state index < -0.39 is 10.0 Å². The summed E-state index contributed by atoms with van der Waals surface area (Å²) in [6.45, 7) is 4.87. The molecule has 0 unspecified atom stereocenters. The second-order valence-electron chi connectivity index (χ2n) is 4.93. The predicted molar refractivity (Wildman–Crippen MR) is 72.0 cm³/mol. The van der Waals surface area contributed by atoms with Gasteiger partial charge in [-0.2, -0.15) is 0 Å². The molecular weight excluding hydrogens is 248 g/mol. The summed E-state index contributed by atoms with van der Waals surface area (Å²) in [5.74, 6) is 0. The minimum atomic E-state index is -3.41. The summed E-state index contributed by atoms with van der Waals surface area (Å²) in [6, 6.07) is 7.15. The minimum absolute atomic E-state index is 0.0238. The second kappa shape index (κ2) is 5.38. The summed E-state index contributed by atoms with van der Waals surface area (Å²) >= 11 is 0. The first-order chi connectivity index (χ1) is 8.49. The molecule has 0 aromatic heterocycles. The van der Waals surface area contributed by atoms with E-state index in [1.807, 2.05) is 19.9 Å². The van der Waals surface area contributed by atoms with E-state index in [0.717, 1.165) is 24.9 Å². The lowest BCUT2D eigenvalue weighted by Crippen LogP contribution is -2.51. The van der Waals surface area contributed by atoms with Gasteiger partial charge in [-0.05, 0) is 50.9 Å². The highest BCUT2D eigenvalue weighted by Crippen LogP contribution is 2.15. The molecule has 1 fully saturated rings. The summed E-state index contributed by atoms with van der Waals surface area (Å²) < 4.78 is 27.3. The quantitative estimate of drug-likeness (QED) is 0.871. The minimum Gasteiger partial charge on any atom is -0.313 e. The highest BCUT2D eigenvalue weighted by molar-refractivity contribution is 7.89. The summed E-state index contributed by atoms with van der Waals surface area (Å²) in [7, 11) is -3.41. The van der Waals surface area contributed by atoms with Crippen LogP contribution >= 0.6 is 0 Å². The van der Waals surface area contributed by atoms with Gasteiger partial charge < -0.3 is 5.32 Å². The Kier molecular flexibility index (Phi) is 4.04. The molecule has 1 aliphatic heterocycles. The van der Waals surface area contributed by atoms with E-state index in [2.05, 4.69) is 10.0 Å². The monoisotopic (exact) mass is 268 g/mol. The van der Waals surface area contributed by atoms with Gasteiger partial charge in [0.2, 0.25) is 10.0 Å². The van der Waals surface area contributed by atoms with Crippen molar-refractivity contribution < 1.29 is 8.42 Å². The van der Waals surface area contributed by atoms with Crippen LogP contribution in [0.2, 0.25) is 0 Å². The number of piperidine rings is 1. The Balaban J connectivity index is 2.16. The van der Waals surface area contributed by atoms with Crippen LogP contribution in [0.3, 0.4) is 0 Å². The molecule has 0 saturated carbocycles. The lowest BCUT2D eigenvalue weighted by Gasteiger charge is -2.30. The van der Waals surface area contributed by atoms with E-state index in [1.165, 1.54) is 0 Å².